The molecule has 0 fully saturated rings. The molecule has 5 aromatic carbocycles. The molecule has 1 aliphatic heterocycles. The quantitative estimate of drug-likeness (QED) is 0.174. The van der Waals surface area contributed by atoms with Crippen LogP contribution in [-0.2, 0) is 23.4 Å². The largest absolute Gasteiger partial charge is 0.497 e. The van der Waals surface area contributed by atoms with Crippen LogP contribution in [0.2, 0.25) is 0 Å². The van der Waals surface area contributed by atoms with Crippen LogP contribution in [0.3, 0.4) is 0 Å². The van der Waals surface area contributed by atoms with Gasteiger partial charge in [0.05, 0.1) is 32.5 Å². The van der Waals surface area contributed by atoms with Gasteiger partial charge in [0.15, 0.2) is 17.1 Å². The maximum absolute atomic E-state index is 14.7. The third-order valence-corrected chi connectivity index (χ3v) is 9.56. The highest BCUT2D eigenvalue weighted by molar-refractivity contribution is 6.10. The van der Waals surface area contributed by atoms with Crippen LogP contribution in [0.1, 0.15) is 52.8 Å². The lowest BCUT2D eigenvalue weighted by atomic mass is 9.75. The molecule has 0 bridgehead atoms. The zero-order valence-corrected chi connectivity index (χ0v) is 27.1. The SMILES string of the molecule is COc1ccc(C2(c3ccccc3)C=Cc3c4c(c5cc(OC)c(OC)cc5c3O2)-c2cc(C(F)(F)F)cc(C(F)(F)F)c2C4(C)C)cc1. The van der Waals surface area contributed by atoms with Gasteiger partial charge in [0.2, 0.25) is 0 Å². The van der Waals surface area contributed by atoms with E-state index in [4.69, 9.17) is 18.9 Å². The van der Waals surface area contributed by atoms with Gasteiger partial charge in [-0.25, -0.2) is 0 Å². The molecule has 0 radical (unpaired) electrons. The van der Waals surface area contributed by atoms with E-state index in [2.05, 4.69) is 0 Å². The minimum absolute atomic E-state index is 0.148. The summed E-state index contributed by atoms with van der Waals surface area (Å²) in [6.45, 7) is 3.20. The molecule has 0 saturated carbocycles. The first-order valence-electron chi connectivity index (χ1n) is 15.3. The smallest absolute Gasteiger partial charge is 0.416 e. The van der Waals surface area contributed by atoms with E-state index >= 15 is 0 Å². The van der Waals surface area contributed by atoms with E-state index in [0.717, 1.165) is 17.2 Å². The van der Waals surface area contributed by atoms with Crippen LogP contribution < -0.4 is 18.9 Å². The number of hydrogen-bond donors (Lipinski definition) is 0. The lowest BCUT2D eigenvalue weighted by molar-refractivity contribution is -0.143. The molecule has 7 rings (SSSR count). The molecule has 252 valence electrons. The van der Waals surface area contributed by atoms with Gasteiger partial charge in [-0.1, -0.05) is 62.4 Å². The van der Waals surface area contributed by atoms with Gasteiger partial charge in [-0.15, -0.1) is 0 Å². The van der Waals surface area contributed by atoms with Crippen LogP contribution in [0, 0.1) is 0 Å². The first-order chi connectivity index (χ1) is 23.2. The second kappa shape index (κ2) is 10.9. The molecule has 0 amide bonds. The van der Waals surface area contributed by atoms with Crippen molar-refractivity contribution in [3.8, 4) is 34.1 Å². The first-order valence-corrected chi connectivity index (χ1v) is 15.3. The van der Waals surface area contributed by atoms with Crippen molar-refractivity contribution < 1.29 is 45.3 Å². The first kappa shape index (κ1) is 32.4. The van der Waals surface area contributed by atoms with Crippen molar-refractivity contribution in [3.63, 3.8) is 0 Å². The summed E-state index contributed by atoms with van der Waals surface area (Å²) in [6, 6.07) is 21.1. The Morgan fingerprint density at radius 2 is 1.27 bits per heavy atom. The molecular weight excluding hydrogens is 646 g/mol. The second-order valence-electron chi connectivity index (χ2n) is 12.6. The Morgan fingerprint density at radius 1 is 0.653 bits per heavy atom. The minimum Gasteiger partial charge on any atom is -0.497 e. The highest BCUT2D eigenvalue weighted by Crippen LogP contribution is 2.61. The number of methoxy groups -OCH3 is 3. The number of rotatable bonds is 5. The lowest BCUT2D eigenvalue weighted by Crippen LogP contribution is -2.35. The van der Waals surface area contributed by atoms with Gasteiger partial charge in [-0.3, -0.25) is 0 Å². The third kappa shape index (κ3) is 4.82. The fourth-order valence-electron chi connectivity index (χ4n) is 7.42. The highest BCUT2D eigenvalue weighted by atomic mass is 19.4. The van der Waals surface area contributed by atoms with Gasteiger partial charge in [0.25, 0.3) is 0 Å². The van der Waals surface area contributed by atoms with Crippen LogP contribution in [0.25, 0.3) is 28.0 Å². The number of benzene rings is 5. The predicted molar refractivity (Wildman–Crippen MR) is 174 cm³/mol. The van der Waals surface area contributed by atoms with Crippen LogP contribution in [-0.4, -0.2) is 21.3 Å². The summed E-state index contributed by atoms with van der Waals surface area (Å²) in [5.41, 5.74) is -3.08. The van der Waals surface area contributed by atoms with Crippen molar-refractivity contribution in [3.05, 3.63) is 124 Å². The van der Waals surface area contributed by atoms with Crippen molar-refractivity contribution >= 4 is 16.8 Å². The molecule has 0 spiro atoms. The molecular formula is C39H30F6O4. The number of halogens is 6. The molecule has 1 unspecified atom stereocenters. The fourth-order valence-corrected chi connectivity index (χ4v) is 7.42. The maximum atomic E-state index is 14.7. The molecule has 10 heteroatoms. The van der Waals surface area contributed by atoms with Crippen LogP contribution >= 0.6 is 0 Å². The Bertz CT molecular complexity index is 2150. The van der Waals surface area contributed by atoms with Crippen molar-refractivity contribution in [1.82, 2.24) is 0 Å². The van der Waals surface area contributed by atoms with Gasteiger partial charge in [0, 0.05) is 27.5 Å². The molecule has 5 aromatic rings. The van der Waals surface area contributed by atoms with Gasteiger partial charge in [0.1, 0.15) is 11.5 Å². The molecule has 4 nitrogen and oxygen atoms in total. The van der Waals surface area contributed by atoms with E-state index in [-0.39, 0.29) is 28.5 Å². The second-order valence-corrected chi connectivity index (χ2v) is 12.6. The summed E-state index contributed by atoms with van der Waals surface area (Å²) in [6.07, 6.45) is -6.45. The molecule has 1 aliphatic carbocycles. The topological polar surface area (TPSA) is 36.9 Å². The molecule has 1 heterocycles. The van der Waals surface area contributed by atoms with Crippen molar-refractivity contribution in [2.24, 2.45) is 0 Å². The van der Waals surface area contributed by atoms with E-state index in [9.17, 15) is 26.3 Å². The lowest BCUT2D eigenvalue weighted by Gasteiger charge is -2.38. The zero-order valence-electron chi connectivity index (χ0n) is 27.1. The Hall–Kier alpha value is -5.12. The molecule has 0 saturated heterocycles. The van der Waals surface area contributed by atoms with Crippen LogP contribution in [0.15, 0.2) is 84.9 Å². The third-order valence-electron chi connectivity index (χ3n) is 9.56. The normalized spacial score (nSPS) is 17.6. The molecule has 0 aromatic heterocycles. The van der Waals surface area contributed by atoms with E-state index in [0.29, 0.717) is 39.1 Å². The summed E-state index contributed by atoms with van der Waals surface area (Å²) in [5, 5.41) is 0.789. The molecule has 49 heavy (non-hydrogen) atoms. The Balaban J connectivity index is 1.62. The van der Waals surface area contributed by atoms with Crippen molar-refractivity contribution in [2.75, 3.05) is 21.3 Å². The Morgan fingerprint density at radius 3 is 1.84 bits per heavy atom. The summed E-state index contributed by atoms with van der Waals surface area (Å²) >= 11 is 0. The fraction of sp³-hybridized carbons (Fsp3) is 0.231. The summed E-state index contributed by atoms with van der Waals surface area (Å²) in [5.74, 6) is 1.53. The van der Waals surface area contributed by atoms with Gasteiger partial charge < -0.3 is 18.9 Å². The van der Waals surface area contributed by atoms with E-state index in [1.165, 1.54) is 14.2 Å². The van der Waals surface area contributed by atoms with Crippen LogP contribution in [0.4, 0.5) is 26.3 Å². The Labute approximate surface area is 278 Å². The number of alkyl halides is 6. The van der Waals surface area contributed by atoms with Gasteiger partial charge in [-0.05, 0) is 70.1 Å². The molecule has 1 atom stereocenters. The van der Waals surface area contributed by atoms with Crippen molar-refractivity contribution in [2.45, 2.75) is 37.2 Å². The van der Waals surface area contributed by atoms with E-state index < -0.39 is 34.5 Å². The number of hydrogen-bond acceptors (Lipinski definition) is 4. The maximum Gasteiger partial charge on any atom is 0.416 e. The molecule has 0 N–H and O–H groups in total. The summed E-state index contributed by atoms with van der Waals surface area (Å²) < 4.78 is 111. The number of fused-ring (bicyclic) bond motifs is 8. The minimum atomic E-state index is -5.06. The Kier molecular flexibility index (Phi) is 7.25. The van der Waals surface area contributed by atoms with E-state index in [1.54, 1.807) is 51.3 Å². The highest BCUT2D eigenvalue weighted by Gasteiger charge is 2.50. The average molecular weight is 677 g/mol. The predicted octanol–water partition coefficient (Wildman–Crippen LogP) is 10.6. The van der Waals surface area contributed by atoms with Crippen LogP contribution in [0.5, 0.6) is 23.0 Å². The number of ether oxygens (including phenoxy) is 4. The molecule has 2 aliphatic rings. The van der Waals surface area contributed by atoms with Gasteiger partial charge >= 0.3 is 12.4 Å². The standard InChI is InChI=1S/C39H30F6O4/c1-36(2)33-28(17-23(38(40,41)42)18-29(33)39(43,44)45)32-26-19-30(47-4)31(48-5)20-27(26)35-25(34(32)36)15-16-37(49-35,21-9-7-6-8-10-21)22-11-13-24(46-3)14-12-22/h6-20H,1-5H3. The van der Waals surface area contributed by atoms with Gasteiger partial charge in [-0.2, -0.15) is 26.3 Å². The van der Waals surface area contributed by atoms with Crippen molar-refractivity contribution in [1.29, 1.82) is 0 Å². The summed E-state index contributed by atoms with van der Waals surface area (Å²) in [4.78, 5) is 0. The average Bonchev–Trinajstić information content (AvgIpc) is 3.33. The summed E-state index contributed by atoms with van der Waals surface area (Å²) in [7, 11) is 4.41. The monoisotopic (exact) mass is 676 g/mol. The van der Waals surface area contributed by atoms with E-state index in [1.807, 2.05) is 48.5 Å². The zero-order chi connectivity index (χ0) is 35.1.